The van der Waals surface area contributed by atoms with Crippen LogP contribution in [0.25, 0.3) is 0 Å². The second kappa shape index (κ2) is 6.38. The fourth-order valence-corrected chi connectivity index (χ4v) is 2.14. The summed E-state index contributed by atoms with van der Waals surface area (Å²) in [5, 5.41) is 19.8. The molecule has 1 aliphatic carbocycles. The van der Waals surface area contributed by atoms with E-state index in [9.17, 15) is 9.59 Å². The van der Waals surface area contributed by atoms with Crippen LogP contribution < -0.4 is 10.1 Å². The minimum Gasteiger partial charge on any atom is -0.484 e. The summed E-state index contributed by atoms with van der Waals surface area (Å²) in [7, 11) is 0. The quantitative estimate of drug-likeness (QED) is 0.687. The monoisotopic (exact) mass is 279 g/mol. The number of carboxylic acids is 1. The van der Waals surface area contributed by atoms with Gasteiger partial charge in [0, 0.05) is 0 Å². The maximum atomic E-state index is 11.4. The number of ether oxygens (including phenoxy) is 1. The number of nitrogens with one attached hydrogen (secondary N) is 1. The number of carbonyl (C=O) groups excluding carboxylic acids is 1. The highest BCUT2D eigenvalue weighted by Crippen LogP contribution is 2.25. The first-order valence-corrected chi connectivity index (χ1v) is 6.48. The molecule has 0 saturated heterocycles. The standard InChI is InChI=1S/C14H17NO5/c16-12(14(18)19)7-15-13(17)8-20-11-5-4-9-2-1-3-10(9)6-11/h4-6,12,16H,1-3,7-8H2,(H,15,17)(H,18,19). The Kier molecular flexibility index (Phi) is 4.57. The molecule has 0 fully saturated rings. The number of rotatable bonds is 6. The fraction of sp³-hybridized carbons (Fsp3) is 0.429. The first-order chi connectivity index (χ1) is 9.56. The van der Waals surface area contributed by atoms with E-state index in [1.165, 1.54) is 11.1 Å². The van der Waals surface area contributed by atoms with Crippen LogP contribution in [0.5, 0.6) is 5.75 Å². The highest BCUT2D eigenvalue weighted by atomic mass is 16.5. The Hall–Kier alpha value is -2.08. The molecule has 1 aliphatic rings. The van der Waals surface area contributed by atoms with Gasteiger partial charge in [-0.2, -0.15) is 0 Å². The molecule has 6 nitrogen and oxygen atoms in total. The lowest BCUT2D eigenvalue weighted by Crippen LogP contribution is -2.38. The van der Waals surface area contributed by atoms with E-state index in [-0.39, 0.29) is 13.2 Å². The summed E-state index contributed by atoms with van der Waals surface area (Å²) >= 11 is 0. The summed E-state index contributed by atoms with van der Waals surface area (Å²) in [5.41, 5.74) is 2.58. The Balaban J connectivity index is 1.77. The van der Waals surface area contributed by atoms with Gasteiger partial charge in [0.1, 0.15) is 5.75 Å². The molecular formula is C14H17NO5. The van der Waals surface area contributed by atoms with Crippen LogP contribution in [-0.2, 0) is 22.4 Å². The third-order valence-electron chi connectivity index (χ3n) is 3.22. The molecule has 20 heavy (non-hydrogen) atoms. The van der Waals surface area contributed by atoms with Gasteiger partial charge in [-0.3, -0.25) is 4.79 Å². The van der Waals surface area contributed by atoms with Crippen molar-refractivity contribution < 1.29 is 24.5 Å². The molecule has 1 aromatic rings. The Morgan fingerprint density at radius 2 is 2.05 bits per heavy atom. The van der Waals surface area contributed by atoms with Gasteiger partial charge in [0.2, 0.25) is 0 Å². The number of aryl methyl sites for hydroxylation is 2. The van der Waals surface area contributed by atoms with Crippen LogP contribution in [-0.4, -0.2) is 41.3 Å². The molecule has 0 radical (unpaired) electrons. The van der Waals surface area contributed by atoms with Crippen molar-refractivity contribution in [3.63, 3.8) is 0 Å². The van der Waals surface area contributed by atoms with Crippen LogP contribution in [0.3, 0.4) is 0 Å². The average molecular weight is 279 g/mol. The number of benzene rings is 1. The predicted octanol–water partition coefficient (Wildman–Crippen LogP) is 0.116. The number of carbonyl (C=O) groups is 2. The molecule has 1 amide bonds. The lowest BCUT2D eigenvalue weighted by atomic mass is 10.1. The molecule has 0 saturated carbocycles. The van der Waals surface area contributed by atoms with E-state index in [1.54, 1.807) is 0 Å². The van der Waals surface area contributed by atoms with E-state index in [4.69, 9.17) is 14.9 Å². The zero-order chi connectivity index (χ0) is 14.5. The summed E-state index contributed by atoms with van der Waals surface area (Å²) in [5.74, 6) is -1.21. The molecule has 0 aliphatic heterocycles. The van der Waals surface area contributed by atoms with Gasteiger partial charge >= 0.3 is 5.97 Å². The molecule has 2 rings (SSSR count). The van der Waals surface area contributed by atoms with Gasteiger partial charge in [0.15, 0.2) is 12.7 Å². The van der Waals surface area contributed by atoms with Crippen molar-refractivity contribution in [3.8, 4) is 5.75 Å². The Morgan fingerprint density at radius 3 is 2.80 bits per heavy atom. The fourth-order valence-electron chi connectivity index (χ4n) is 2.14. The van der Waals surface area contributed by atoms with Gasteiger partial charge in [-0.25, -0.2) is 4.79 Å². The predicted molar refractivity (Wildman–Crippen MR) is 70.6 cm³/mol. The van der Waals surface area contributed by atoms with Gasteiger partial charge in [0.25, 0.3) is 5.91 Å². The molecule has 0 aromatic heterocycles. The summed E-state index contributed by atoms with van der Waals surface area (Å²) in [4.78, 5) is 21.8. The number of carboxylic acid groups (broad SMARTS) is 1. The van der Waals surface area contributed by atoms with Crippen LogP contribution >= 0.6 is 0 Å². The third-order valence-corrected chi connectivity index (χ3v) is 3.22. The number of aliphatic carboxylic acids is 1. The Bertz CT molecular complexity index is 514. The average Bonchev–Trinajstić information content (AvgIpc) is 2.89. The summed E-state index contributed by atoms with van der Waals surface area (Å²) in [6, 6.07) is 5.76. The van der Waals surface area contributed by atoms with Crippen LogP contribution in [0.2, 0.25) is 0 Å². The SMILES string of the molecule is O=C(COc1ccc2c(c1)CCC2)NCC(O)C(=O)O. The molecule has 0 bridgehead atoms. The minimum atomic E-state index is -1.60. The molecular weight excluding hydrogens is 262 g/mol. The van der Waals surface area contributed by atoms with Crippen LogP contribution in [0, 0.1) is 0 Å². The first-order valence-electron chi connectivity index (χ1n) is 6.48. The molecule has 3 N–H and O–H groups in total. The maximum Gasteiger partial charge on any atom is 0.334 e. The third kappa shape index (κ3) is 3.71. The van der Waals surface area contributed by atoms with Crippen molar-refractivity contribution in [1.29, 1.82) is 0 Å². The van der Waals surface area contributed by atoms with Crippen molar-refractivity contribution >= 4 is 11.9 Å². The van der Waals surface area contributed by atoms with Gasteiger partial charge in [0.05, 0.1) is 6.54 Å². The van der Waals surface area contributed by atoms with Crippen LogP contribution in [0.1, 0.15) is 17.5 Å². The number of fused-ring (bicyclic) bond motifs is 1. The minimum absolute atomic E-state index is 0.203. The van der Waals surface area contributed by atoms with Gasteiger partial charge in [-0.1, -0.05) is 6.07 Å². The van der Waals surface area contributed by atoms with Crippen molar-refractivity contribution in [2.75, 3.05) is 13.2 Å². The van der Waals surface area contributed by atoms with Crippen molar-refractivity contribution in [2.24, 2.45) is 0 Å². The molecule has 1 unspecified atom stereocenters. The van der Waals surface area contributed by atoms with E-state index in [0.29, 0.717) is 5.75 Å². The second-order valence-electron chi connectivity index (χ2n) is 4.73. The highest BCUT2D eigenvalue weighted by Gasteiger charge is 2.15. The van der Waals surface area contributed by atoms with E-state index in [0.717, 1.165) is 19.3 Å². The summed E-state index contributed by atoms with van der Waals surface area (Å²) in [6.07, 6.45) is 1.66. The molecule has 1 aromatic carbocycles. The smallest absolute Gasteiger partial charge is 0.334 e. The number of aliphatic hydroxyl groups is 1. The number of aliphatic hydroxyl groups excluding tert-OH is 1. The van der Waals surface area contributed by atoms with Crippen LogP contribution in [0.15, 0.2) is 18.2 Å². The van der Waals surface area contributed by atoms with E-state index in [2.05, 4.69) is 5.32 Å². The van der Waals surface area contributed by atoms with Gasteiger partial charge < -0.3 is 20.3 Å². The summed E-state index contributed by atoms with van der Waals surface area (Å²) in [6.45, 7) is -0.535. The topological polar surface area (TPSA) is 95.9 Å². The molecule has 0 heterocycles. The number of hydrogen-bond donors (Lipinski definition) is 3. The van der Waals surface area contributed by atoms with E-state index >= 15 is 0 Å². The molecule has 108 valence electrons. The van der Waals surface area contributed by atoms with Crippen LogP contribution in [0.4, 0.5) is 0 Å². The summed E-state index contributed by atoms with van der Waals surface area (Å²) < 4.78 is 5.34. The van der Waals surface area contributed by atoms with E-state index < -0.39 is 18.0 Å². The van der Waals surface area contributed by atoms with Crippen molar-refractivity contribution in [1.82, 2.24) is 5.32 Å². The molecule has 6 heteroatoms. The molecule has 0 spiro atoms. The lowest BCUT2D eigenvalue weighted by molar-refractivity contribution is -0.146. The van der Waals surface area contributed by atoms with Crippen molar-refractivity contribution in [2.45, 2.75) is 25.4 Å². The normalized spacial score (nSPS) is 14.4. The second-order valence-corrected chi connectivity index (χ2v) is 4.73. The number of amides is 1. The van der Waals surface area contributed by atoms with Crippen molar-refractivity contribution in [3.05, 3.63) is 29.3 Å². The zero-order valence-corrected chi connectivity index (χ0v) is 11.0. The molecule has 1 atom stereocenters. The Labute approximate surface area is 116 Å². The van der Waals surface area contributed by atoms with E-state index in [1.807, 2.05) is 18.2 Å². The largest absolute Gasteiger partial charge is 0.484 e. The van der Waals surface area contributed by atoms with Gasteiger partial charge in [-0.05, 0) is 42.5 Å². The maximum absolute atomic E-state index is 11.4. The zero-order valence-electron chi connectivity index (χ0n) is 11.0. The highest BCUT2D eigenvalue weighted by molar-refractivity contribution is 5.79. The Morgan fingerprint density at radius 1 is 1.30 bits per heavy atom. The first kappa shape index (κ1) is 14.3. The lowest BCUT2D eigenvalue weighted by Gasteiger charge is -2.10. The number of hydrogen-bond acceptors (Lipinski definition) is 4. The van der Waals surface area contributed by atoms with Gasteiger partial charge in [-0.15, -0.1) is 0 Å².